The number of hydrogen-bond acceptors (Lipinski definition) is 5. The van der Waals surface area contributed by atoms with Gasteiger partial charge in [-0.1, -0.05) is 19.1 Å². The number of aromatic nitrogens is 1. The molecule has 1 aromatic heterocycles. The predicted octanol–water partition coefficient (Wildman–Crippen LogP) is 4.49. The molecule has 0 aliphatic heterocycles. The van der Waals surface area contributed by atoms with E-state index < -0.39 is 0 Å². The van der Waals surface area contributed by atoms with Crippen LogP contribution in [0.4, 0.5) is 5.13 Å². The van der Waals surface area contributed by atoms with E-state index in [2.05, 4.69) is 22.5 Å². The monoisotopic (exact) mass is 409 g/mol. The van der Waals surface area contributed by atoms with Crippen LogP contribution < -0.4 is 15.4 Å². The molecular weight excluding hydrogens is 386 g/mol. The SMILES string of the molecule is CCCOc1ccc(-c2csc(NC(=O)c3ccc(CNC(C)=O)cc3)n2)cc1. The van der Waals surface area contributed by atoms with Crippen molar-refractivity contribution in [2.24, 2.45) is 0 Å². The van der Waals surface area contributed by atoms with Crippen molar-refractivity contribution in [1.82, 2.24) is 10.3 Å². The minimum absolute atomic E-state index is 0.0884. The zero-order chi connectivity index (χ0) is 20.6. The summed E-state index contributed by atoms with van der Waals surface area (Å²) in [5.74, 6) is 0.524. The molecule has 29 heavy (non-hydrogen) atoms. The van der Waals surface area contributed by atoms with Crippen LogP contribution >= 0.6 is 11.3 Å². The van der Waals surface area contributed by atoms with Crippen molar-refractivity contribution >= 4 is 28.3 Å². The van der Waals surface area contributed by atoms with Crippen LogP contribution in [0.5, 0.6) is 5.75 Å². The van der Waals surface area contributed by atoms with E-state index in [9.17, 15) is 9.59 Å². The van der Waals surface area contributed by atoms with Crippen molar-refractivity contribution < 1.29 is 14.3 Å². The Kier molecular flexibility index (Phi) is 6.97. The second-order valence-corrected chi connectivity index (χ2v) is 7.33. The summed E-state index contributed by atoms with van der Waals surface area (Å²) in [7, 11) is 0. The van der Waals surface area contributed by atoms with Gasteiger partial charge in [-0.15, -0.1) is 11.3 Å². The fourth-order valence-electron chi connectivity index (χ4n) is 2.58. The molecule has 0 unspecified atom stereocenters. The number of nitrogens with one attached hydrogen (secondary N) is 2. The molecule has 2 aromatic carbocycles. The summed E-state index contributed by atoms with van der Waals surface area (Å²) in [6.45, 7) is 4.67. The van der Waals surface area contributed by atoms with Crippen molar-refractivity contribution in [2.75, 3.05) is 11.9 Å². The quantitative estimate of drug-likeness (QED) is 0.575. The minimum Gasteiger partial charge on any atom is -0.494 e. The Labute approximate surface area is 173 Å². The number of nitrogens with zero attached hydrogens (tertiary/aromatic N) is 1. The van der Waals surface area contributed by atoms with Gasteiger partial charge >= 0.3 is 0 Å². The smallest absolute Gasteiger partial charge is 0.257 e. The van der Waals surface area contributed by atoms with Gasteiger partial charge in [0.15, 0.2) is 5.13 Å². The lowest BCUT2D eigenvalue weighted by molar-refractivity contribution is -0.119. The van der Waals surface area contributed by atoms with Gasteiger partial charge in [-0.05, 0) is 48.4 Å². The standard InChI is InChI=1S/C22H23N3O3S/c1-3-12-28-19-10-8-17(9-11-19)20-14-29-22(24-20)25-21(27)18-6-4-16(5-7-18)13-23-15(2)26/h4-11,14H,3,12-13H2,1-2H3,(H,23,26)(H,24,25,27). The third kappa shape index (κ3) is 5.89. The highest BCUT2D eigenvalue weighted by molar-refractivity contribution is 7.14. The molecule has 0 atom stereocenters. The molecule has 0 aliphatic rings. The second kappa shape index (κ2) is 9.84. The van der Waals surface area contributed by atoms with Crippen LogP contribution in [0.1, 0.15) is 36.2 Å². The topological polar surface area (TPSA) is 80.3 Å². The summed E-state index contributed by atoms with van der Waals surface area (Å²) in [5.41, 5.74) is 3.23. The summed E-state index contributed by atoms with van der Waals surface area (Å²) >= 11 is 1.38. The molecule has 0 saturated heterocycles. The van der Waals surface area contributed by atoms with Gasteiger partial charge in [-0.2, -0.15) is 0 Å². The van der Waals surface area contributed by atoms with Crippen LogP contribution in [0, 0.1) is 0 Å². The van der Waals surface area contributed by atoms with Gasteiger partial charge < -0.3 is 10.1 Å². The molecule has 150 valence electrons. The third-order valence-corrected chi connectivity index (χ3v) is 4.86. The highest BCUT2D eigenvalue weighted by Gasteiger charge is 2.10. The molecule has 0 bridgehead atoms. The van der Waals surface area contributed by atoms with Gasteiger partial charge in [0.2, 0.25) is 5.91 Å². The molecule has 1 heterocycles. The Morgan fingerprint density at radius 1 is 1.07 bits per heavy atom. The molecule has 2 N–H and O–H groups in total. The van der Waals surface area contributed by atoms with E-state index in [-0.39, 0.29) is 11.8 Å². The number of hydrogen-bond donors (Lipinski definition) is 2. The van der Waals surface area contributed by atoms with Crippen LogP contribution in [-0.4, -0.2) is 23.4 Å². The van der Waals surface area contributed by atoms with E-state index >= 15 is 0 Å². The molecule has 3 aromatic rings. The highest BCUT2D eigenvalue weighted by Crippen LogP contribution is 2.27. The van der Waals surface area contributed by atoms with Crippen LogP contribution in [0.3, 0.4) is 0 Å². The van der Waals surface area contributed by atoms with Crippen LogP contribution in [0.25, 0.3) is 11.3 Å². The maximum atomic E-state index is 12.5. The summed E-state index contributed by atoms with van der Waals surface area (Å²) in [4.78, 5) is 27.9. The lowest BCUT2D eigenvalue weighted by atomic mass is 10.1. The van der Waals surface area contributed by atoms with Crippen LogP contribution in [-0.2, 0) is 11.3 Å². The molecule has 0 fully saturated rings. The van der Waals surface area contributed by atoms with Gasteiger partial charge in [0, 0.05) is 30.0 Å². The molecule has 7 heteroatoms. The van der Waals surface area contributed by atoms with Gasteiger partial charge in [-0.3, -0.25) is 14.9 Å². The van der Waals surface area contributed by atoms with Crippen LogP contribution in [0.2, 0.25) is 0 Å². The van der Waals surface area contributed by atoms with Crippen molar-refractivity contribution in [3.8, 4) is 17.0 Å². The lowest BCUT2D eigenvalue weighted by Gasteiger charge is -2.05. The highest BCUT2D eigenvalue weighted by atomic mass is 32.1. The average molecular weight is 410 g/mol. The van der Waals surface area contributed by atoms with E-state index in [0.717, 1.165) is 29.0 Å². The maximum absolute atomic E-state index is 12.5. The van der Waals surface area contributed by atoms with Gasteiger partial charge in [0.25, 0.3) is 5.91 Å². The van der Waals surface area contributed by atoms with Gasteiger partial charge in [-0.25, -0.2) is 4.98 Å². The first-order valence-electron chi connectivity index (χ1n) is 9.38. The summed E-state index contributed by atoms with van der Waals surface area (Å²) in [5, 5.41) is 8.01. The first-order valence-corrected chi connectivity index (χ1v) is 10.3. The Balaban J connectivity index is 1.60. The van der Waals surface area contributed by atoms with Gasteiger partial charge in [0.1, 0.15) is 5.75 Å². The molecule has 0 aliphatic carbocycles. The minimum atomic E-state index is -0.222. The number of anilines is 1. The van der Waals surface area contributed by atoms with Crippen LogP contribution in [0.15, 0.2) is 53.9 Å². The van der Waals surface area contributed by atoms with E-state index in [1.54, 1.807) is 12.1 Å². The molecule has 3 rings (SSSR count). The Hall–Kier alpha value is -3.19. The Morgan fingerprint density at radius 2 is 1.79 bits per heavy atom. The van der Waals surface area contributed by atoms with Gasteiger partial charge in [0.05, 0.1) is 12.3 Å². The lowest BCUT2D eigenvalue weighted by Crippen LogP contribution is -2.19. The van der Waals surface area contributed by atoms with Crippen molar-refractivity contribution in [3.63, 3.8) is 0 Å². The number of rotatable bonds is 8. The zero-order valence-electron chi connectivity index (χ0n) is 16.4. The molecule has 0 spiro atoms. The number of carbonyl (C=O) groups excluding carboxylic acids is 2. The van der Waals surface area contributed by atoms with Crippen molar-refractivity contribution in [3.05, 3.63) is 65.0 Å². The van der Waals surface area contributed by atoms with E-state index in [0.29, 0.717) is 23.8 Å². The number of carbonyl (C=O) groups is 2. The van der Waals surface area contributed by atoms with E-state index in [4.69, 9.17) is 4.74 Å². The number of ether oxygens (including phenoxy) is 1. The maximum Gasteiger partial charge on any atom is 0.257 e. The summed E-state index contributed by atoms with van der Waals surface area (Å²) < 4.78 is 5.59. The molecular formula is C22H23N3O3S. The van der Waals surface area contributed by atoms with E-state index in [1.165, 1.54) is 18.3 Å². The Bertz CT molecular complexity index is 966. The van der Waals surface area contributed by atoms with E-state index in [1.807, 2.05) is 41.8 Å². The third-order valence-electron chi connectivity index (χ3n) is 4.11. The predicted molar refractivity (Wildman–Crippen MR) is 115 cm³/mol. The Morgan fingerprint density at radius 3 is 2.45 bits per heavy atom. The van der Waals surface area contributed by atoms with Crippen molar-refractivity contribution in [2.45, 2.75) is 26.8 Å². The first-order chi connectivity index (χ1) is 14.0. The molecule has 2 amide bonds. The number of thiazole rings is 1. The number of benzene rings is 2. The first kappa shape index (κ1) is 20.5. The largest absolute Gasteiger partial charge is 0.494 e. The average Bonchev–Trinajstić information content (AvgIpc) is 3.20. The normalized spacial score (nSPS) is 10.4. The molecule has 0 radical (unpaired) electrons. The fraction of sp³-hybridized carbons (Fsp3) is 0.227. The zero-order valence-corrected chi connectivity index (χ0v) is 17.2. The molecule has 0 saturated carbocycles. The second-order valence-electron chi connectivity index (χ2n) is 6.47. The number of amides is 2. The fourth-order valence-corrected chi connectivity index (χ4v) is 3.29. The van der Waals surface area contributed by atoms with Crippen molar-refractivity contribution in [1.29, 1.82) is 0 Å². The summed E-state index contributed by atoms with van der Waals surface area (Å²) in [6, 6.07) is 14.9. The summed E-state index contributed by atoms with van der Waals surface area (Å²) in [6.07, 6.45) is 0.967. The molecule has 6 nitrogen and oxygen atoms in total.